The standard InChI is InChI=1S/C17H30N2O/c1-14-5-10-18-15(13-14)16(20)19-11-8-17(9-12-19)6-3-2-4-7-17/h14-15,18H,2-13H2,1H3. The molecule has 0 bridgehead atoms. The average Bonchev–Trinajstić information content (AvgIpc) is 2.48. The lowest BCUT2D eigenvalue weighted by molar-refractivity contribution is -0.137. The summed E-state index contributed by atoms with van der Waals surface area (Å²) in [6.45, 7) is 5.29. The minimum Gasteiger partial charge on any atom is -0.341 e. The molecule has 1 amide bonds. The molecular formula is C17H30N2O. The number of rotatable bonds is 1. The Bertz CT molecular complexity index is 339. The van der Waals surface area contributed by atoms with Gasteiger partial charge in [0.15, 0.2) is 0 Å². The molecule has 3 heteroatoms. The zero-order valence-corrected chi connectivity index (χ0v) is 13.0. The maximum atomic E-state index is 12.6. The SMILES string of the molecule is CC1CCNC(C(=O)N2CCC3(CCCCC3)CC2)C1. The van der Waals surface area contributed by atoms with Crippen molar-refractivity contribution in [3.8, 4) is 0 Å². The van der Waals surface area contributed by atoms with Gasteiger partial charge in [0, 0.05) is 13.1 Å². The Kier molecular flexibility index (Phi) is 4.34. The van der Waals surface area contributed by atoms with Crippen LogP contribution >= 0.6 is 0 Å². The summed E-state index contributed by atoms with van der Waals surface area (Å²) in [5.74, 6) is 1.07. The van der Waals surface area contributed by atoms with Crippen LogP contribution in [0.25, 0.3) is 0 Å². The molecule has 2 saturated heterocycles. The van der Waals surface area contributed by atoms with Crippen LogP contribution in [-0.2, 0) is 4.79 Å². The number of amides is 1. The Labute approximate surface area is 123 Å². The van der Waals surface area contributed by atoms with E-state index in [1.807, 2.05) is 0 Å². The molecule has 2 unspecified atom stereocenters. The summed E-state index contributed by atoms with van der Waals surface area (Å²) in [4.78, 5) is 14.8. The molecule has 1 saturated carbocycles. The first kappa shape index (κ1) is 14.4. The molecule has 0 aromatic carbocycles. The molecule has 2 aliphatic heterocycles. The van der Waals surface area contributed by atoms with E-state index in [0.717, 1.165) is 26.1 Å². The zero-order valence-electron chi connectivity index (χ0n) is 13.0. The predicted octanol–water partition coefficient (Wildman–Crippen LogP) is 2.95. The number of likely N-dealkylation sites (tertiary alicyclic amines) is 1. The fourth-order valence-corrected chi connectivity index (χ4v) is 4.52. The largest absolute Gasteiger partial charge is 0.341 e. The molecule has 0 aromatic heterocycles. The second-order valence-corrected chi connectivity index (χ2v) is 7.52. The van der Waals surface area contributed by atoms with Gasteiger partial charge in [-0.15, -0.1) is 0 Å². The summed E-state index contributed by atoms with van der Waals surface area (Å²) in [6, 6.07) is 0.0964. The molecule has 2 heterocycles. The number of nitrogens with zero attached hydrogens (tertiary/aromatic N) is 1. The molecule has 1 spiro atoms. The van der Waals surface area contributed by atoms with Gasteiger partial charge in [-0.2, -0.15) is 0 Å². The van der Waals surface area contributed by atoms with E-state index < -0.39 is 0 Å². The number of hydrogen-bond acceptors (Lipinski definition) is 2. The van der Waals surface area contributed by atoms with Crippen molar-refractivity contribution in [3.63, 3.8) is 0 Å². The number of carbonyl (C=O) groups is 1. The first-order chi connectivity index (χ1) is 9.69. The van der Waals surface area contributed by atoms with Crippen LogP contribution in [0.4, 0.5) is 0 Å². The molecule has 3 rings (SSSR count). The van der Waals surface area contributed by atoms with E-state index in [1.54, 1.807) is 0 Å². The third-order valence-corrected chi connectivity index (χ3v) is 6.01. The second kappa shape index (κ2) is 6.05. The third-order valence-electron chi connectivity index (χ3n) is 6.01. The van der Waals surface area contributed by atoms with Crippen molar-refractivity contribution in [1.29, 1.82) is 0 Å². The van der Waals surface area contributed by atoms with E-state index in [0.29, 0.717) is 17.2 Å². The Morgan fingerprint density at radius 2 is 1.80 bits per heavy atom. The Balaban J connectivity index is 1.53. The van der Waals surface area contributed by atoms with Crippen LogP contribution in [0.3, 0.4) is 0 Å². The highest BCUT2D eigenvalue weighted by molar-refractivity contribution is 5.82. The van der Waals surface area contributed by atoms with E-state index in [2.05, 4.69) is 17.1 Å². The maximum Gasteiger partial charge on any atom is 0.239 e. The number of hydrogen-bond donors (Lipinski definition) is 1. The average molecular weight is 278 g/mol. The molecule has 3 aliphatic rings. The lowest BCUT2D eigenvalue weighted by atomic mass is 9.68. The predicted molar refractivity (Wildman–Crippen MR) is 81.5 cm³/mol. The van der Waals surface area contributed by atoms with Crippen molar-refractivity contribution in [2.45, 2.75) is 70.8 Å². The number of piperidine rings is 2. The smallest absolute Gasteiger partial charge is 0.239 e. The van der Waals surface area contributed by atoms with Crippen LogP contribution in [0.15, 0.2) is 0 Å². The fraction of sp³-hybridized carbons (Fsp3) is 0.941. The highest BCUT2D eigenvalue weighted by atomic mass is 16.2. The lowest BCUT2D eigenvalue weighted by Crippen LogP contribution is -2.53. The minimum absolute atomic E-state index is 0.0964. The van der Waals surface area contributed by atoms with E-state index in [4.69, 9.17) is 0 Å². The lowest BCUT2D eigenvalue weighted by Gasteiger charge is -2.45. The summed E-state index contributed by atoms with van der Waals surface area (Å²) in [5.41, 5.74) is 0.600. The topological polar surface area (TPSA) is 32.3 Å². The molecule has 2 atom stereocenters. The first-order valence-corrected chi connectivity index (χ1v) is 8.71. The molecule has 1 N–H and O–H groups in total. The first-order valence-electron chi connectivity index (χ1n) is 8.71. The summed E-state index contributed by atoms with van der Waals surface area (Å²) in [5, 5.41) is 3.43. The Morgan fingerprint density at radius 3 is 2.45 bits per heavy atom. The van der Waals surface area contributed by atoms with Gasteiger partial charge in [-0.1, -0.05) is 26.2 Å². The molecule has 0 radical (unpaired) electrons. The Hall–Kier alpha value is -0.570. The molecule has 1 aliphatic carbocycles. The van der Waals surface area contributed by atoms with E-state index in [9.17, 15) is 4.79 Å². The van der Waals surface area contributed by atoms with E-state index in [-0.39, 0.29) is 6.04 Å². The van der Waals surface area contributed by atoms with Crippen LogP contribution < -0.4 is 5.32 Å². The second-order valence-electron chi connectivity index (χ2n) is 7.52. The van der Waals surface area contributed by atoms with Crippen molar-refractivity contribution in [1.82, 2.24) is 10.2 Å². The highest BCUT2D eigenvalue weighted by Gasteiger charge is 2.38. The molecule has 0 aromatic rings. The van der Waals surface area contributed by atoms with Gasteiger partial charge in [0.25, 0.3) is 0 Å². The monoisotopic (exact) mass is 278 g/mol. The summed E-state index contributed by atoms with van der Waals surface area (Å²) in [7, 11) is 0. The highest BCUT2D eigenvalue weighted by Crippen LogP contribution is 2.44. The molecule has 3 fully saturated rings. The minimum atomic E-state index is 0.0964. The summed E-state index contributed by atoms with van der Waals surface area (Å²) in [6.07, 6.45) is 11.8. The van der Waals surface area contributed by atoms with Gasteiger partial charge in [-0.3, -0.25) is 4.79 Å². The van der Waals surface area contributed by atoms with Gasteiger partial charge in [0.05, 0.1) is 6.04 Å². The van der Waals surface area contributed by atoms with Crippen LogP contribution in [0.2, 0.25) is 0 Å². The number of nitrogens with one attached hydrogen (secondary N) is 1. The summed E-state index contributed by atoms with van der Waals surface area (Å²) < 4.78 is 0. The van der Waals surface area contributed by atoms with E-state index in [1.165, 1.54) is 51.4 Å². The molecule has 3 nitrogen and oxygen atoms in total. The molecule has 20 heavy (non-hydrogen) atoms. The summed E-state index contributed by atoms with van der Waals surface area (Å²) >= 11 is 0. The van der Waals surface area contributed by atoms with Gasteiger partial charge in [0.2, 0.25) is 5.91 Å². The van der Waals surface area contributed by atoms with Gasteiger partial charge in [0.1, 0.15) is 0 Å². The van der Waals surface area contributed by atoms with Crippen molar-refractivity contribution in [3.05, 3.63) is 0 Å². The maximum absolute atomic E-state index is 12.6. The van der Waals surface area contributed by atoms with Crippen LogP contribution in [0.5, 0.6) is 0 Å². The van der Waals surface area contributed by atoms with Crippen LogP contribution in [-0.4, -0.2) is 36.5 Å². The quantitative estimate of drug-likeness (QED) is 0.800. The fourth-order valence-electron chi connectivity index (χ4n) is 4.52. The van der Waals surface area contributed by atoms with Gasteiger partial charge in [-0.05, 0) is 56.4 Å². The van der Waals surface area contributed by atoms with Crippen molar-refractivity contribution in [2.75, 3.05) is 19.6 Å². The van der Waals surface area contributed by atoms with E-state index >= 15 is 0 Å². The van der Waals surface area contributed by atoms with Crippen molar-refractivity contribution < 1.29 is 4.79 Å². The third kappa shape index (κ3) is 3.03. The van der Waals surface area contributed by atoms with Gasteiger partial charge < -0.3 is 10.2 Å². The van der Waals surface area contributed by atoms with Gasteiger partial charge in [-0.25, -0.2) is 0 Å². The normalized spacial score (nSPS) is 34.1. The number of carbonyl (C=O) groups excluding carboxylic acids is 1. The van der Waals surface area contributed by atoms with Crippen molar-refractivity contribution in [2.24, 2.45) is 11.3 Å². The van der Waals surface area contributed by atoms with Crippen LogP contribution in [0.1, 0.15) is 64.7 Å². The zero-order chi connectivity index (χ0) is 14.0. The van der Waals surface area contributed by atoms with Crippen LogP contribution in [0, 0.1) is 11.3 Å². The van der Waals surface area contributed by atoms with Crippen molar-refractivity contribution >= 4 is 5.91 Å². The molecular weight excluding hydrogens is 248 g/mol. The molecule has 114 valence electrons. The van der Waals surface area contributed by atoms with Gasteiger partial charge >= 0.3 is 0 Å². The Morgan fingerprint density at radius 1 is 1.10 bits per heavy atom.